The zero-order valence-electron chi connectivity index (χ0n) is 20.8. The molecule has 1 aliphatic rings. The van der Waals surface area contributed by atoms with Crippen molar-refractivity contribution in [2.45, 2.75) is 49.8 Å². The molecule has 196 valence electrons. The number of fused-ring (bicyclic) bond motifs is 1. The summed E-state index contributed by atoms with van der Waals surface area (Å²) in [4.78, 5) is 29.8. The quantitative estimate of drug-likeness (QED) is 0.484. The lowest BCUT2D eigenvalue weighted by atomic mass is 10.1. The van der Waals surface area contributed by atoms with Gasteiger partial charge in [0.2, 0.25) is 15.9 Å². The Hall–Kier alpha value is -3.21. The maximum Gasteiger partial charge on any atom is 0.408 e. The number of alkyl carbamates (subject to hydrolysis) is 1. The van der Waals surface area contributed by atoms with Crippen LogP contribution in [0.3, 0.4) is 0 Å². The first-order valence-corrected chi connectivity index (χ1v) is 13.6. The van der Waals surface area contributed by atoms with Crippen molar-refractivity contribution in [3.63, 3.8) is 0 Å². The molecule has 2 N–H and O–H groups in total. The van der Waals surface area contributed by atoms with Crippen LogP contribution >= 0.6 is 11.6 Å². The molecule has 2 aromatic carbocycles. The molecular formula is C26H29ClN4O5S. The molecule has 0 aliphatic carbocycles. The van der Waals surface area contributed by atoms with E-state index in [1.807, 2.05) is 0 Å². The Kier molecular flexibility index (Phi) is 7.72. The summed E-state index contributed by atoms with van der Waals surface area (Å²) in [7, 11) is -3.89. The molecule has 9 nitrogen and oxygen atoms in total. The Bertz CT molecular complexity index is 1400. The molecule has 1 fully saturated rings. The van der Waals surface area contributed by atoms with Gasteiger partial charge in [-0.2, -0.15) is 4.31 Å². The van der Waals surface area contributed by atoms with Crippen LogP contribution in [0.15, 0.2) is 65.8 Å². The van der Waals surface area contributed by atoms with Crippen LogP contribution in [0.1, 0.15) is 38.8 Å². The summed E-state index contributed by atoms with van der Waals surface area (Å²) in [6.45, 7) is 5.51. The summed E-state index contributed by atoms with van der Waals surface area (Å²) < 4.78 is 33.7. The van der Waals surface area contributed by atoms with E-state index in [-0.39, 0.29) is 23.0 Å². The largest absolute Gasteiger partial charge is 0.444 e. The number of nitrogens with zero attached hydrogens (tertiary/aromatic N) is 2. The second kappa shape index (κ2) is 10.6. The zero-order valence-corrected chi connectivity index (χ0v) is 22.3. The molecule has 2 atom stereocenters. The minimum Gasteiger partial charge on any atom is -0.444 e. The summed E-state index contributed by atoms with van der Waals surface area (Å²) in [5.74, 6) is -0.458. The van der Waals surface area contributed by atoms with E-state index >= 15 is 0 Å². The monoisotopic (exact) mass is 544 g/mol. The van der Waals surface area contributed by atoms with Crippen molar-refractivity contribution in [1.29, 1.82) is 0 Å². The molecule has 1 aromatic heterocycles. The molecule has 0 bridgehead atoms. The number of amides is 2. The van der Waals surface area contributed by atoms with Crippen molar-refractivity contribution >= 4 is 44.4 Å². The van der Waals surface area contributed by atoms with E-state index in [1.54, 1.807) is 69.4 Å². The molecule has 3 aromatic rings. The highest BCUT2D eigenvalue weighted by molar-refractivity contribution is 7.89. The van der Waals surface area contributed by atoms with Crippen LogP contribution in [-0.4, -0.2) is 54.4 Å². The minimum atomic E-state index is -3.89. The second-order valence-electron chi connectivity index (χ2n) is 9.82. The molecule has 0 saturated carbocycles. The van der Waals surface area contributed by atoms with Crippen LogP contribution in [0.4, 0.5) is 4.79 Å². The van der Waals surface area contributed by atoms with E-state index in [2.05, 4.69) is 15.6 Å². The fraction of sp³-hybridized carbons (Fsp3) is 0.346. The van der Waals surface area contributed by atoms with Gasteiger partial charge in [0.1, 0.15) is 11.6 Å². The minimum absolute atomic E-state index is 0.0844. The van der Waals surface area contributed by atoms with Gasteiger partial charge in [-0.3, -0.25) is 9.78 Å². The standard InChI is InChI=1S/C26H29ClN4O5S/c1-26(2,3)36-25(33)30-23(17-8-5-4-6-9-17)24(32)29-19-12-13-31(16-19)37(34,35)21-11-7-10-18-14-28-15-20(27)22(18)21/h4-11,14-15,19,23H,12-13,16H2,1-3H3,(H,29,32)(H,30,33)/t19?,23-/m0/s1. The van der Waals surface area contributed by atoms with Crippen molar-refractivity contribution < 1.29 is 22.7 Å². The highest BCUT2D eigenvalue weighted by Crippen LogP contribution is 2.32. The number of rotatable bonds is 6. The molecule has 37 heavy (non-hydrogen) atoms. The number of nitrogens with one attached hydrogen (secondary N) is 2. The zero-order chi connectivity index (χ0) is 26.8. The molecule has 1 saturated heterocycles. The lowest BCUT2D eigenvalue weighted by Gasteiger charge is -2.25. The number of ether oxygens (including phenoxy) is 1. The van der Waals surface area contributed by atoms with Crippen molar-refractivity contribution in [3.8, 4) is 0 Å². The first kappa shape index (κ1) is 26.8. The summed E-state index contributed by atoms with van der Waals surface area (Å²) in [6.07, 6.45) is 2.67. The van der Waals surface area contributed by atoms with Crippen LogP contribution in [0.25, 0.3) is 10.8 Å². The van der Waals surface area contributed by atoms with Crippen molar-refractivity contribution in [2.24, 2.45) is 0 Å². The normalized spacial score (nSPS) is 17.4. The topological polar surface area (TPSA) is 118 Å². The molecule has 1 unspecified atom stereocenters. The number of carbonyl (C=O) groups is 2. The van der Waals surface area contributed by atoms with Gasteiger partial charge >= 0.3 is 6.09 Å². The van der Waals surface area contributed by atoms with Crippen molar-refractivity contribution in [2.75, 3.05) is 13.1 Å². The van der Waals surface area contributed by atoms with E-state index in [1.165, 1.54) is 16.6 Å². The lowest BCUT2D eigenvalue weighted by Crippen LogP contribution is -2.46. The number of hydrogen-bond donors (Lipinski definition) is 2. The van der Waals surface area contributed by atoms with E-state index in [0.717, 1.165) is 0 Å². The Morgan fingerprint density at radius 1 is 1.11 bits per heavy atom. The predicted octanol–water partition coefficient (Wildman–Crippen LogP) is 4.03. The fourth-order valence-corrected chi connectivity index (χ4v) is 6.29. The van der Waals surface area contributed by atoms with E-state index < -0.39 is 39.7 Å². The molecule has 4 rings (SSSR count). The molecule has 2 heterocycles. The van der Waals surface area contributed by atoms with Gasteiger partial charge in [-0.15, -0.1) is 0 Å². The van der Waals surface area contributed by atoms with Gasteiger partial charge in [0.05, 0.1) is 9.92 Å². The van der Waals surface area contributed by atoms with Crippen LogP contribution in [0.5, 0.6) is 0 Å². The number of halogens is 1. The van der Waals surface area contributed by atoms with Crippen LogP contribution in [0.2, 0.25) is 5.02 Å². The first-order valence-electron chi connectivity index (χ1n) is 11.8. The number of hydrogen-bond acceptors (Lipinski definition) is 6. The Labute approximate surface area is 221 Å². The summed E-state index contributed by atoms with van der Waals surface area (Å²) in [6, 6.07) is 12.3. The number of benzene rings is 2. The SMILES string of the molecule is CC(C)(C)OC(=O)N[C@H](C(=O)NC1CCN(S(=O)(=O)c2cccc3cncc(Cl)c23)C1)c1ccccc1. The number of sulfonamides is 1. The van der Waals surface area contributed by atoms with Gasteiger partial charge in [-0.25, -0.2) is 13.2 Å². The highest BCUT2D eigenvalue weighted by atomic mass is 35.5. The third-order valence-corrected chi connectivity index (χ3v) is 8.06. The van der Waals surface area contributed by atoms with Gasteiger partial charge in [0.25, 0.3) is 0 Å². The van der Waals surface area contributed by atoms with Gasteiger partial charge in [0.15, 0.2) is 0 Å². The highest BCUT2D eigenvalue weighted by Gasteiger charge is 2.36. The molecule has 1 aliphatic heterocycles. The van der Waals surface area contributed by atoms with Crippen LogP contribution in [-0.2, 0) is 19.6 Å². The first-order chi connectivity index (χ1) is 17.5. The fourth-order valence-electron chi connectivity index (χ4n) is 4.23. The second-order valence-corrected chi connectivity index (χ2v) is 12.1. The molecular weight excluding hydrogens is 516 g/mol. The van der Waals surface area contributed by atoms with Crippen molar-refractivity contribution in [1.82, 2.24) is 19.9 Å². The van der Waals surface area contributed by atoms with Crippen LogP contribution in [0, 0.1) is 0 Å². The van der Waals surface area contributed by atoms with E-state index in [4.69, 9.17) is 16.3 Å². The summed E-state index contributed by atoms with van der Waals surface area (Å²) in [5, 5.41) is 6.81. The van der Waals surface area contributed by atoms with Gasteiger partial charge in [-0.05, 0) is 38.8 Å². The Morgan fingerprint density at radius 3 is 2.54 bits per heavy atom. The molecule has 0 spiro atoms. The number of carbonyl (C=O) groups excluding carboxylic acids is 2. The Balaban J connectivity index is 1.50. The van der Waals surface area contributed by atoms with Gasteiger partial charge < -0.3 is 15.4 Å². The summed E-state index contributed by atoms with van der Waals surface area (Å²) >= 11 is 6.30. The average Bonchev–Trinajstić information content (AvgIpc) is 3.31. The molecule has 2 amide bonds. The van der Waals surface area contributed by atoms with E-state index in [0.29, 0.717) is 22.8 Å². The summed E-state index contributed by atoms with van der Waals surface area (Å²) in [5.41, 5.74) is -0.157. The number of pyridine rings is 1. The third kappa shape index (κ3) is 6.20. The average molecular weight is 545 g/mol. The van der Waals surface area contributed by atoms with Gasteiger partial charge in [-0.1, -0.05) is 54.1 Å². The number of aromatic nitrogens is 1. The Morgan fingerprint density at radius 2 is 1.84 bits per heavy atom. The smallest absolute Gasteiger partial charge is 0.408 e. The lowest BCUT2D eigenvalue weighted by molar-refractivity contribution is -0.124. The molecule has 0 radical (unpaired) electrons. The van der Waals surface area contributed by atoms with Crippen molar-refractivity contribution in [3.05, 3.63) is 71.5 Å². The maximum atomic E-state index is 13.5. The van der Waals surface area contributed by atoms with Crippen LogP contribution < -0.4 is 10.6 Å². The maximum absolute atomic E-state index is 13.5. The van der Waals surface area contributed by atoms with E-state index in [9.17, 15) is 18.0 Å². The molecule has 11 heteroatoms. The van der Waals surface area contributed by atoms with Gasteiger partial charge in [0, 0.05) is 42.3 Å². The third-order valence-electron chi connectivity index (χ3n) is 5.87. The predicted molar refractivity (Wildman–Crippen MR) is 141 cm³/mol.